The fraction of sp³-hybridized carbons (Fsp3) is 0.476. The quantitative estimate of drug-likeness (QED) is 0.0516. The number of phosphoric acid groups is 3. The van der Waals surface area contributed by atoms with Gasteiger partial charge in [0.25, 0.3) is 14.1 Å². The number of halogens is 1. The highest BCUT2D eigenvalue weighted by molar-refractivity contribution is 9.10. The lowest BCUT2D eigenvalue weighted by atomic mass is 10.1. The van der Waals surface area contributed by atoms with Crippen LogP contribution in [0.3, 0.4) is 0 Å². The van der Waals surface area contributed by atoms with Gasteiger partial charge in [-0.05, 0) is 22.0 Å². The Labute approximate surface area is 281 Å². The molecule has 28 heteroatoms. The van der Waals surface area contributed by atoms with Crippen molar-refractivity contribution in [1.82, 2.24) is 19.5 Å². The Kier molecular flexibility index (Phi) is 11.1. The minimum atomic E-state index is -5.80. The van der Waals surface area contributed by atoms with E-state index in [2.05, 4.69) is 44.2 Å². The van der Waals surface area contributed by atoms with Gasteiger partial charge in [0.2, 0.25) is 0 Å². The Morgan fingerprint density at radius 1 is 1.06 bits per heavy atom. The van der Waals surface area contributed by atoms with Gasteiger partial charge in [-0.25, -0.2) is 33.2 Å². The van der Waals surface area contributed by atoms with Gasteiger partial charge in [0, 0.05) is 6.07 Å². The number of aromatic carboxylic acids is 1. The summed E-state index contributed by atoms with van der Waals surface area (Å²) < 4.78 is 67.9. The number of aliphatic hydroxyl groups excluding tert-OH is 3. The second-order valence-electron chi connectivity index (χ2n) is 10.3. The smallest absolute Gasteiger partial charge is 0.478 e. The van der Waals surface area contributed by atoms with Crippen LogP contribution < -0.4 is 15.2 Å². The van der Waals surface area contributed by atoms with Crippen LogP contribution in [-0.4, -0.2) is 110 Å². The molecule has 5 heterocycles. The van der Waals surface area contributed by atoms with Gasteiger partial charge in [-0.15, -0.1) is 0 Å². The van der Waals surface area contributed by atoms with Crippen molar-refractivity contribution < 1.29 is 90.4 Å². The average molecular weight is 823 g/mol. The third-order valence-corrected chi connectivity index (χ3v) is 10.6. The van der Waals surface area contributed by atoms with Crippen molar-refractivity contribution in [3.63, 3.8) is 0 Å². The van der Waals surface area contributed by atoms with Crippen molar-refractivity contribution in [3.8, 4) is 0 Å². The molecule has 3 aromatic heterocycles. The molecule has 2 fully saturated rings. The number of nitrogens with zero attached hydrogens (tertiary/aromatic N) is 5. The summed E-state index contributed by atoms with van der Waals surface area (Å²) in [4.78, 5) is 64.5. The lowest BCUT2D eigenvalue weighted by molar-refractivity contribution is -0.765. The molecule has 0 aliphatic carbocycles. The van der Waals surface area contributed by atoms with Crippen LogP contribution in [0.5, 0.6) is 0 Å². The molecule has 0 amide bonds. The fourth-order valence-electron chi connectivity index (χ4n) is 4.86. The predicted octanol–water partition coefficient (Wildman–Crippen LogP) is -2.17. The maximum Gasteiger partial charge on any atom is 0.478 e. The molecule has 24 nitrogen and oxygen atoms in total. The molecule has 2 aliphatic heterocycles. The molecule has 10 atom stereocenters. The van der Waals surface area contributed by atoms with E-state index in [0.717, 1.165) is 21.7 Å². The van der Waals surface area contributed by atoms with E-state index in [0.29, 0.717) is 0 Å². The fourth-order valence-corrected chi connectivity index (χ4v) is 8.00. The molecule has 0 saturated carbocycles. The largest absolute Gasteiger partial charge is 0.756 e. The van der Waals surface area contributed by atoms with E-state index < -0.39 is 91.7 Å². The number of fused-ring (bicyclic) bond motifs is 1. The molecule has 3 aromatic rings. The molecule has 49 heavy (non-hydrogen) atoms. The SMILES string of the molecule is Nc1ncnc2c1nc(Br)n2[C@@H]1O[C@H](COP(=O)([O-])OP(=O)(O)OC[C@@H]2O[C@H]([n+]3cccc(C(=O)O)c3)[C@@H](O)[C@H]2O)[C@@H](O)[C@H]1OP(=O)(O)O. The molecule has 270 valence electrons. The molecule has 0 aromatic carbocycles. The van der Waals surface area contributed by atoms with Crippen LogP contribution >= 0.6 is 39.4 Å². The summed E-state index contributed by atoms with van der Waals surface area (Å²) in [5.41, 5.74) is 5.58. The van der Waals surface area contributed by atoms with Gasteiger partial charge in [-0.3, -0.25) is 18.2 Å². The van der Waals surface area contributed by atoms with Gasteiger partial charge in [-0.2, -0.15) is 4.57 Å². The number of anilines is 1. The number of hydrogen-bond donors (Lipinski definition) is 8. The van der Waals surface area contributed by atoms with E-state index in [1.807, 2.05) is 0 Å². The number of pyridine rings is 1. The van der Waals surface area contributed by atoms with Crippen molar-refractivity contribution in [1.29, 1.82) is 0 Å². The molecule has 0 bridgehead atoms. The van der Waals surface area contributed by atoms with Crippen molar-refractivity contribution >= 4 is 62.3 Å². The zero-order valence-corrected chi connectivity index (χ0v) is 28.3. The highest BCUT2D eigenvalue weighted by Gasteiger charge is 2.51. The Balaban J connectivity index is 1.23. The van der Waals surface area contributed by atoms with E-state index in [1.54, 1.807) is 0 Å². The third kappa shape index (κ3) is 8.57. The first kappa shape index (κ1) is 37.9. The van der Waals surface area contributed by atoms with E-state index in [4.69, 9.17) is 19.7 Å². The number of aromatic nitrogens is 5. The van der Waals surface area contributed by atoms with Gasteiger partial charge < -0.3 is 59.7 Å². The van der Waals surface area contributed by atoms with Gasteiger partial charge in [0.15, 0.2) is 46.4 Å². The maximum absolute atomic E-state index is 12.5. The Morgan fingerprint density at radius 2 is 1.73 bits per heavy atom. The Morgan fingerprint density at radius 3 is 2.41 bits per heavy atom. The normalized spacial score (nSPS) is 30.0. The summed E-state index contributed by atoms with van der Waals surface area (Å²) in [7, 11) is -16.7. The molecular formula is C21H26BrN6O18P3. The third-order valence-electron chi connectivity index (χ3n) is 6.99. The summed E-state index contributed by atoms with van der Waals surface area (Å²) in [6, 6.07) is 2.57. The molecule has 2 aliphatic rings. The maximum atomic E-state index is 12.5. The average Bonchev–Trinajstić information content (AvgIpc) is 3.60. The molecule has 2 saturated heterocycles. The number of carbonyl (C=O) groups is 1. The van der Waals surface area contributed by atoms with Crippen LogP contribution in [-0.2, 0) is 41.1 Å². The number of hydrogen-bond acceptors (Lipinski definition) is 18. The monoisotopic (exact) mass is 822 g/mol. The summed E-state index contributed by atoms with van der Waals surface area (Å²) in [5.74, 6) is -1.39. The highest BCUT2D eigenvalue weighted by Crippen LogP contribution is 2.58. The van der Waals surface area contributed by atoms with Crippen molar-refractivity contribution in [2.24, 2.45) is 0 Å². The molecule has 0 radical (unpaired) electrons. The molecule has 0 spiro atoms. The van der Waals surface area contributed by atoms with Crippen LogP contribution in [0.4, 0.5) is 5.82 Å². The summed E-state index contributed by atoms with van der Waals surface area (Å²) in [6.07, 6.45) is -10.2. The van der Waals surface area contributed by atoms with Gasteiger partial charge in [-0.1, -0.05) is 0 Å². The van der Waals surface area contributed by atoms with Crippen molar-refractivity contribution in [2.45, 2.75) is 49.1 Å². The van der Waals surface area contributed by atoms with E-state index in [-0.39, 0.29) is 27.3 Å². The lowest BCUT2D eigenvalue weighted by Gasteiger charge is -2.26. The first-order valence-corrected chi connectivity index (χ1v) is 18.7. The van der Waals surface area contributed by atoms with Gasteiger partial charge >= 0.3 is 21.6 Å². The molecule has 2 unspecified atom stereocenters. The number of nitrogen functional groups attached to an aromatic ring is 1. The van der Waals surface area contributed by atoms with Crippen LogP contribution in [0.25, 0.3) is 11.2 Å². The summed E-state index contributed by atoms with van der Waals surface area (Å²) in [6.45, 7) is -2.18. The minimum Gasteiger partial charge on any atom is -0.756 e. The number of rotatable bonds is 13. The molecule has 9 N–H and O–H groups in total. The lowest BCUT2D eigenvalue weighted by Crippen LogP contribution is -2.46. The number of ether oxygens (including phenoxy) is 2. The van der Waals surface area contributed by atoms with Crippen molar-refractivity contribution in [3.05, 3.63) is 41.2 Å². The topological polar surface area (TPSA) is 362 Å². The summed E-state index contributed by atoms with van der Waals surface area (Å²) in [5, 5.41) is 40.7. The zero-order valence-electron chi connectivity index (χ0n) is 24.1. The number of phosphoric ester groups is 3. The number of imidazole rings is 1. The first-order valence-electron chi connectivity index (χ1n) is 13.4. The van der Waals surface area contributed by atoms with Crippen molar-refractivity contribution in [2.75, 3.05) is 18.9 Å². The molecule has 5 rings (SSSR count). The van der Waals surface area contributed by atoms with E-state index in [1.165, 1.54) is 18.3 Å². The number of aliphatic hydroxyl groups is 3. The van der Waals surface area contributed by atoms with Crippen LogP contribution in [0.2, 0.25) is 0 Å². The zero-order chi connectivity index (χ0) is 36.1. The van der Waals surface area contributed by atoms with Crippen LogP contribution in [0.1, 0.15) is 22.8 Å². The van der Waals surface area contributed by atoms with E-state index >= 15 is 0 Å². The van der Waals surface area contributed by atoms with Gasteiger partial charge in [0.1, 0.15) is 42.4 Å². The number of nitrogens with two attached hydrogens (primary N) is 1. The second kappa shape index (κ2) is 14.3. The Hall–Kier alpha value is -2.38. The number of carboxylic acids is 1. The van der Waals surface area contributed by atoms with E-state index in [9.17, 15) is 58.5 Å². The first-order chi connectivity index (χ1) is 22.8. The highest BCUT2D eigenvalue weighted by atomic mass is 79.9. The van der Waals surface area contributed by atoms with Crippen LogP contribution in [0, 0.1) is 0 Å². The minimum absolute atomic E-state index is 0.0185. The predicted molar refractivity (Wildman–Crippen MR) is 154 cm³/mol. The number of carboxylic acid groups (broad SMARTS) is 1. The summed E-state index contributed by atoms with van der Waals surface area (Å²) >= 11 is 3.11. The second-order valence-corrected chi connectivity index (χ2v) is 15.2. The molecular weight excluding hydrogens is 797 g/mol. The standard InChI is InChI=1S/C21H26BrN6O18P3/c22-21-26-11-16(23)24-7-25-17(11)28(21)19-15(45-47(34,35)36)13(30)10(44-19)6-42-49(39,40)46-48(37,38)41-5-9-12(29)14(31)18(43-9)27-3-1-2-8(4-27)20(32)33/h1-4,7,9-10,12-15,18-19,29-31H,5-6H2,(H6-,23,24,25,32,33,34,35,36,37,38,39,40)/t9-,10+,12-,13+,14-,15+,18-,19+/m0/s1. The van der Waals surface area contributed by atoms with Crippen LogP contribution in [0.15, 0.2) is 35.6 Å². The Bertz CT molecular complexity index is 1860. The van der Waals surface area contributed by atoms with Gasteiger partial charge in [0.05, 0.1) is 13.2 Å².